The minimum absolute atomic E-state index is 0.219. The minimum atomic E-state index is -0.219. The van der Waals surface area contributed by atoms with Gasteiger partial charge in [0.25, 0.3) is 0 Å². The molecule has 0 aromatic heterocycles. The molecule has 12 heavy (non-hydrogen) atoms. The highest BCUT2D eigenvalue weighted by atomic mass is 16.5. The van der Waals surface area contributed by atoms with Crippen molar-refractivity contribution in [3.05, 3.63) is 30.6 Å². The van der Waals surface area contributed by atoms with Gasteiger partial charge in [-0.3, -0.25) is 4.79 Å². The third-order valence-electron chi connectivity index (χ3n) is 1.74. The zero-order chi connectivity index (χ0) is 9.14. The second kappa shape index (κ2) is 3.92. The van der Waals surface area contributed by atoms with Crippen molar-refractivity contribution in [3.8, 4) is 0 Å². The Morgan fingerprint density at radius 3 is 2.50 bits per heavy atom. The molecule has 2 heteroatoms. The fourth-order valence-corrected chi connectivity index (χ4v) is 1.23. The van der Waals surface area contributed by atoms with E-state index in [-0.39, 0.29) is 5.97 Å². The van der Waals surface area contributed by atoms with Crippen molar-refractivity contribution in [2.45, 2.75) is 20.8 Å². The van der Waals surface area contributed by atoms with Gasteiger partial charge >= 0.3 is 5.97 Å². The van der Waals surface area contributed by atoms with E-state index in [2.05, 4.69) is 0 Å². The molecule has 1 rings (SSSR count). The van der Waals surface area contributed by atoms with Crippen LogP contribution in [0.25, 0.3) is 0 Å². The number of hydrogen-bond donors (Lipinski definition) is 0. The number of carbonyl (C=O) groups excluding carboxylic acids is 1. The van der Waals surface area contributed by atoms with Gasteiger partial charge in [0.2, 0.25) is 0 Å². The second-order valence-electron chi connectivity index (χ2n) is 2.85. The fraction of sp³-hybridized carbons (Fsp3) is 0.400. The first-order chi connectivity index (χ1) is 5.65. The monoisotopic (exact) mass is 165 g/mol. The third-order valence-corrected chi connectivity index (χ3v) is 1.74. The molecule has 1 saturated carbocycles. The quantitative estimate of drug-likeness (QED) is 0.582. The normalized spacial score (nSPS) is 21.6. The number of carbonyl (C=O) groups is 1. The molecule has 0 unspecified atom stereocenters. The standard InChI is InChI=1S/C10H13O2/c1-4-12-10(11)9-6-7(2)5-8(9)3/h5-6H,4H2,1-3H3. The summed E-state index contributed by atoms with van der Waals surface area (Å²) in [5.41, 5.74) is 0. The van der Waals surface area contributed by atoms with E-state index < -0.39 is 0 Å². The van der Waals surface area contributed by atoms with Crippen LogP contribution in [0.1, 0.15) is 20.8 Å². The maximum atomic E-state index is 11.3. The van der Waals surface area contributed by atoms with Gasteiger partial charge in [0.1, 0.15) is 0 Å². The summed E-state index contributed by atoms with van der Waals surface area (Å²) >= 11 is 0. The predicted octanol–water partition coefficient (Wildman–Crippen LogP) is 1.73. The van der Waals surface area contributed by atoms with Crippen LogP contribution in [0.3, 0.4) is 0 Å². The Kier molecular flexibility index (Phi) is 3.12. The molecule has 1 aliphatic carbocycles. The smallest absolute Gasteiger partial charge is 0.314 e. The number of ether oxygens (including phenoxy) is 1. The van der Waals surface area contributed by atoms with Gasteiger partial charge in [-0.25, -0.2) is 0 Å². The molecule has 65 valence electrons. The van der Waals surface area contributed by atoms with Crippen LogP contribution in [0.5, 0.6) is 0 Å². The van der Waals surface area contributed by atoms with Gasteiger partial charge in [0, 0.05) is 0 Å². The van der Waals surface area contributed by atoms with E-state index in [0.29, 0.717) is 12.5 Å². The van der Waals surface area contributed by atoms with E-state index in [1.807, 2.05) is 33.6 Å². The van der Waals surface area contributed by atoms with Gasteiger partial charge in [-0.05, 0) is 31.6 Å². The molecule has 0 bridgehead atoms. The maximum Gasteiger partial charge on any atom is 0.314 e. The SMILES string of the molecule is CCOC(=O)[C]1[CH][C](C)[CH][C]1C. The second-order valence-corrected chi connectivity index (χ2v) is 2.85. The molecule has 1 aliphatic rings. The molecule has 0 amide bonds. The number of esters is 1. The first-order valence-electron chi connectivity index (χ1n) is 4.06. The maximum absolute atomic E-state index is 11.3. The summed E-state index contributed by atoms with van der Waals surface area (Å²) in [5.74, 6) is 2.57. The van der Waals surface area contributed by atoms with Crippen LogP contribution in [0.15, 0.2) is 0 Å². The molecule has 0 aromatic rings. The topological polar surface area (TPSA) is 26.3 Å². The Labute approximate surface area is 74.3 Å². The lowest BCUT2D eigenvalue weighted by Gasteiger charge is -2.10. The Balaban J connectivity index is 2.46. The lowest BCUT2D eigenvalue weighted by molar-refractivity contribution is -0.140. The van der Waals surface area contributed by atoms with Crippen LogP contribution in [0.2, 0.25) is 0 Å². The van der Waals surface area contributed by atoms with E-state index in [4.69, 9.17) is 4.74 Å². The average Bonchev–Trinajstić information content (AvgIpc) is 2.30. The Bertz CT molecular complexity index is 165. The summed E-state index contributed by atoms with van der Waals surface area (Å²) in [7, 11) is 0. The summed E-state index contributed by atoms with van der Waals surface area (Å²) in [6.45, 7) is 6.13. The van der Waals surface area contributed by atoms with Gasteiger partial charge < -0.3 is 4.74 Å². The molecule has 0 aromatic carbocycles. The molecule has 0 spiro atoms. The summed E-state index contributed by atoms with van der Waals surface area (Å²) in [5, 5.41) is 0. The summed E-state index contributed by atoms with van der Waals surface area (Å²) in [4.78, 5) is 11.3. The van der Waals surface area contributed by atoms with Crippen molar-refractivity contribution in [1.82, 2.24) is 0 Å². The highest BCUT2D eigenvalue weighted by molar-refractivity contribution is 5.93. The summed E-state index contributed by atoms with van der Waals surface area (Å²) in [6.07, 6.45) is 3.83. The Hall–Kier alpha value is -0.530. The van der Waals surface area contributed by atoms with E-state index in [9.17, 15) is 4.79 Å². The summed E-state index contributed by atoms with van der Waals surface area (Å²) < 4.78 is 4.88. The highest BCUT2D eigenvalue weighted by Gasteiger charge is 2.36. The molecule has 1 fully saturated rings. The first-order valence-corrected chi connectivity index (χ1v) is 4.06. The van der Waals surface area contributed by atoms with E-state index in [0.717, 1.165) is 11.8 Å². The fourth-order valence-electron chi connectivity index (χ4n) is 1.23. The first kappa shape index (κ1) is 9.56. The minimum Gasteiger partial charge on any atom is -0.466 e. The Morgan fingerprint density at radius 1 is 1.42 bits per heavy atom. The average molecular weight is 165 g/mol. The highest BCUT2D eigenvalue weighted by Crippen LogP contribution is 2.39. The lowest BCUT2D eigenvalue weighted by atomic mass is 9.99. The van der Waals surface area contributed by atoms with E-state index in [1.54, 1.807) is 0 Å². The van der Waals surface area contributed by atoms with Crippen LogP contribution in [0, 0.1) is 30.6 Å². The van der Waals surface area contributed by atoms with Crippen molar-refractivity contribution in [2.75, 3.05) is 6.61 Å². The zero-order valence-corrected chi connectivity index (χ0v) is 7.68. The lowest BCUT2D eigenvalue weighted by Crippen LogP contribution is -2.17. The molecule has 0 aliphatic heterocycles. The molecule has 0 atom stereocenters. The summed E-state index contributed by atoms with van der Waals surface area (Å²) in [6, 6.07) is 0. The molecular formula is C10H13O2. The van der Waals surface area contributed by atoms with Crippen molar-refractivity contribution in [1.29, 1.82) is 0 Å². The van der Waals surface area contributed by atoms with Crippen molar-refractivity contribution in [2.24, 2.45) is 0 Å². The van der Waals surface area contributed by atoms with Crippen LogP contribution in [-0.2, 0) is 9.53 Å². The van der Waals surface area contributed by atoms with Crippen LogP contribution < -0.4 is 0 Å². The van der Waals surface area contributed by atoms with Gasteiger partial charge in [0.15, 0.2) is 0 Å². The zero-order valence-electron chi connectivity index (χ0n) is 7.68. The van der Waals surface area contributed by atoms with Crippen molar-refractivity contribution >= 4 is 5.97 Å². The van der Waals surface area contributed by atoms with E-state index >= 15 is 0 Å². The van der Waals surface area contributed by atoms with Gasteiger partial charge in [0.05, 0.1) is 12.5 Å². The predicted molar refractivity (Wildman–Crippen MR) is 46.3 cm³/mol. The van der Waals surface area contributed by atoms with Gasteiger partial charge in [-0.1, -0.05) is 13.8 Å². The van der Waals surface area contributed by atoms with Crippen LogP contribution >= 0.6 is 0 Å². The molecule has 5 radical (unpaired) electrons. The molecule has 0 saturated heterocycles. The van der Waals surface area contributed by atoms with Crippen molar-refractivity contribution < 1.29 is 9.53 Å². The third kappa shape index (κ3) is 1.99. The van der Waals surface area contributed by atoms with Crippen LogP contribution in [0.4, 0.5) is 0 Å². The molecular weight excluding hydrogens is 152 g/mol. The molecule has 0 heterocycles. The molecule has 2 nitrogen and oxygen atoms in total. The van der Waals surface area contributed by atoms with Gasteiger partial charge in [-0.2, -0.15) is 0 Å². The Morgan fingerprint density at radius 2 is 2.08 bits per heavy atom. The number of hydrogen-bond acceptors (Lipinski definition) is 2. The number of rotatable bonds is 2. The van der Waals surface area contributed by atoms with Crippen LogP contribution in [-0.4, -0.2) is 12.6 Å². The van der Waals surface area contributed by atoms with E-state index in [1.165, 1.54) is 0 Å². The molecule has 0 N–H and O–H groups in total. The van der Waals surface area contributed by atoms with Gasteiger partial charge in [-0.15, -0.1) is 0 Å². The van der Waals surface area contributed by atoms with Crippen molar-refractivity contribution in [3.63, 3.8) is 0 Å². The largest absolute Gasteiger partial charge is 0.466 e.